The first kappa shape index (κ1) is 15.0. The summed E-state index contributed by atoms with van der Waals surface area (Å²) >= 11 is 12.0. The molecule has 0 aliphatic carbocycles. The zero-order valence-electron chi connectivity index (χ0n) is 8.42. The Balaban J connectivity index is 0.00000144. The Hall–Kier alpha value is -0.0603. The second-order valence-corrected chi connectivity index (χ2v) is 4.19. The van der Waals surface area contributed by atoms with Gasteiger partial charge < -0.3 is 0 Å². The van der Waals surface area contributed by atoms with Crippen molar-refractivity contribution in [3.8, 4) is 11.3 Å². The number of nitrogens with one attached hydrogen (secondary N) is 1. The number of hydrogen-bond donors (Lipinski definition) is 1. The fourth-order valence-electron chi connectivity index (χ4n) is 1.30. The molecule has 0 aliphatic heterocycles. The Morgan fingerprint density at radius 3 is 2.24 bits per heavy atom. The van der Waals surface area contributed by atoms with Gasteiger partial charge in [-0.15, -0.1) is 0 Å². The number of H-pyrrole nitrogens is 1. The second kappa shape index (κ2) is 6.21. The molecule has 1 N–H and O–H groups in total. The SMILES string of the molecule is Cc1c(Cl)cc(-c2ccc(=O)[nH]n2)cc1Cl.[CaH2]. The standard InChI is InChI=1S/C11H8Cl2N2O.Ca.2H/c1-6-8(12)4-7(5-9(6)13)10-2-3-11(16)15-14-10;;;/h2-5H,1H3,(H,15,16);;;. The predicted molar refractivity (Wildman–Crippen MR) is 73.6 cm³/mol. The topological polar surface area (TPSA) is 45.8 Å². The van der Waals surface area contributed by atoms with Crippen LogP contribution in [0.1, 0.15) is 5.56 Å². The van der Waals surface area contributed by atoms with Gasteiger partial charge in [0.05, 0.1) is 5.69 Å². The Morgan fingerprint density at radius 2 is 1.76 bits per heavy atom. The summed E-state index contributed by atoms with van der Waals surface area (Å²) in [4.78, 5) is 10.9. The third kappa shape index (κ3) is 3.46. The van der Waals surface area contributed by atoms with Gasteiger partial charge in [-0.05, 0) is 30.7 Å². The van der Waals surface area contributed by atoms with E-state index < -0.39 is 0 Å². The number of halogens is 2. The van der Waals surface area contributed by atoms with E-state index in [1.165, 1.54) is 6.07 Å². The molecule has 2 aromatic rings. The molecule has 0 atom stereocenters. The fraction of sp³-hybridized carbons (Fsp3) is 0.0909. The van der Waals surface area contributed by atoms with Crippen molar-refractivity contribution in [3.63, 3.8) is 0 Å². The molecule has 0 unspecified atom stereocenters. The molecule has 1 aromatic carbocycles. The maximum absolute atomic E-state index is 10.9. The summed E-state index contributed by atoms with van der Waals surface area (Å²) in [5.41, 5.74) is 1.99. The quantitative estimate of drug-likeness (QED) is 0.820. The first-order chi connectivity index (χ1) is 7.58. The van der Waals surface area contributed by atoms with Gasteiger partial charge in [0.25, 0.3) is 5.56 Å². The van der Waals surface area contributed by atoms with Gasteiger partial charge in [-0.2, -0.15) is 5.10 Å². The summed E-state index contributed by atoms with van der Waals surface area (Å²) in [7, 11) is 0. The minimum absolute atomic E-state index is 0. The Morgan fingerprint density at radius 1 is 1.18 bits per heavy atom. The summed E-state index contributed by atoms with van der Waals surface area (Å²) in [5.74, 6) is 0. The molecule has 6 heteroatoms. The van der Waals surface area contributed by atoms with Gasteiger partial charge in [0.2, 0.25) is 0 Å². The Bertz CT molecular complexity index is 555. The third-order valence-corrected chi connectivity index (χ3v) is 3.04. The van der Waals surface area contributed by atoms with Gasteiger partial charge in [0.15, 0.2) is 0 Å². The zero-order valence-corrected chi connectivity index (χ0v) is 9.93. The molecular weight excluding hydrogens is 287 g/mol. The average molecular weight is 297 g/mol. The molecule has 0 fully saturated rings. The first-order valence-corrected chi connectivity index (χ1v) is 5.35. The first-order valence-electron chi connectivity index (χ1n) is 4.59. The molecule has 17 heavy (non-hydrogen) atoms. The van der Waals surface area contributed by atoms with E-state index >= 15 is 0 Å². The monoisotopic (exact) mass is 296 g/mol. The van der Waals surface area contributed by atoms with Gasteiger partial charge in [-0.3, -0.25) is 4.79 Å². The average Bonchev–Trinajstić information content (AvgIpc) is 2.26. The summed E-state index contributed by atoms with van der Waals surface area (Å²) in [6.45, 7) is 1.84. The molecule has 1 aromatic heterocycles. The van der Waals surface area contributed by atoms with E-state index in [9.17, 15) is 4.79 Å². The van der Waals surface area contributed by atoms with Crippen LogP contribution in [0.5, 0.6) is 0 Å². The number of aromatic nitrogens is 2. The van der Waals surface area contributed by atoms with Gasteiger partial charge in [-0.25, -0.2) is 5.10 Å². The van der Waals surface area contributed by atoms with Crippen LogP contribution in [0.25, 0.3) is 11.3 Å². The molecule has 2 rings (SSSR count). The van der Waals surface area contributed by atoms with E-state index in [1.807, 2.05) is 6.92 Å². The van der Waals surface area contributed by atoms with Crippen LogP contribution in [-0.2, 0) is 0 Å². The Labute approximate surface area is 138 Å². The van der Waals surface area contributed by atoms with Crippen LogP contribution in [0.4, 0.5) is 0 Å². The van der Waals surface area contributed by atoms with Crippen molar-refractivity contribution < 1.29 is 0 Å². The summed E-state index contributed by atoms with van der Waals surface area (Å²) in [6, 6.07) is 6.56. The van der Waals surface area contributed by atoms with Crippen molar-refractivity contribution in [3.05, 3.63) is 50.2 Å². The Kier molecular flexibility index (Phi) is 5.48. The van der Waals surface area contributed by atoms with Gasteiger partial charge in [-0.1, -0.05) is 23.2 Å². The zero-order chi connectivity index (χ0) is 11.7. The number of nitrogens with zero attached hydrogens (tertiary/aromatic N) is 1. The molecule has 0 bridgehead atoms. The molecule has 0 radical (unpaired) electrons. The van der Waals surface area contributed by atoms with Gasteiger partial charge in [0, 0.05) is 21.7 Å². The minimum atomic E-state index is -0.243. The molecule has 86 valence electrons. The van der Waals surface area contributed by atoms with E-state index in [4.69, 9.17) is 23.2 Å². The molecule has 3 nitrogen and oxygen atoms in total. The van der Waals surface area contributed by atoms with E-state index in [2.05, 4.69) is 10.2 Å². The van der Waals surface area contributed by atoms with E-state index in [0.29, 0.717) is 15.7 Å². The van der Waals surface area contributed by atoms with Crippen LogP contribution in [0.15, 0.2) is 29.1 Å². The molecule has 0 saturated carbocycles. The molecule has 1 heterocycles. The number of rotatable bonds is 1. The van der Waals surface area contributed by atoms with Gasteiger partial charge >= 0.3 is 37.7 Å². The molecule has 0 saturated heterocycles. The number of aromatic amines is 1. The summed E-state index contributed by atoms with van der Waals surface area (Å²) in [5, 5.41) is 7.42. The normalized spacial score (nSPS) is 9.82. The van der Waals surface area contributed by atoms with Crippen LogP contribution in [0, 0.1) is 6.92 Å². The predicted octanol–water partition coefficient (Wildman–Crippen LogP) is 2.14. The van der Waals surface area contributed by atoms with Crippen molar-refractivity contribution >= 4 is 60.9 Å². The number of benzene rings is 1. The van der Waals surface area contributed by atoms with E-state index in [1.54, 1.807) is 18.2 Å². The van der Waals surface area contributed by atoms with Crippen molar-refractivity contribution in [1.82, 2.24) is 10.2 Å². The summed E-state index contributed by atoms with van der Waals surface area (Å²) < 4.78 is 0. The molecule has 0 spiro atoms. The van der Waals surface area contributed by atoms with E-state index in [0.717, 1.165) is 11.1 Å². The number of hydrogen-bond acceptors (Lipinski definition) is 2. The van der Waals surface area contributed by atoms with Crippen molar-refractivity contribution in [2.24, 2.45) is 0 Å². The second-order valence-electron chi connectivity index (χ2n) is 3.37. The fourth-order valence-corrected chi connectivity index (χ4v) is 1.79. The van der Waals surface area contributed by atoms with Crippen LogP contribution in [-0.4, -0.2) is 47.9 Å². The van der Waals surface area contributed by atoms with Crippen LogP contribution < -0.4 is 5.56 Å². The molecule has 0 aliphatic rings. The van der Waals surface area contributed by atoms with Crippen molar-refractivity contribution in [2.75, 3.05) is 0 Å². The van der Waals surface area contributed by atoms with E-state index in [-0.39, 0.29) is 43.3 Å². The third-order valence-electron chi connectivity index (χ3n) is 2.26. The van der Waals surface area contributed by atoms with Gasteiger partial charge in [0.1, 0.15) is 0 Å². The van der Waals surface area contributed by atoms with Crippen LogP contribution >= 0.6 is 23.2 Å². The molecule has 0 amide bonds. The summed E-state index contributed by atoms with van der Waals surface area (Å²) in [6.07, 6.45) is 0. The molecular formula is C11H10CaCl2N2O. The van der Waals surface area contributed by atoms with Crippen molar-refractivity contribution in [2.45, 2.75) is 6.92 Å². The van der Waals surface area contributed by atoms with Crippen LogP contribution in [0.3, 0.4) is 0 Å². The van der Waals surface area contributed by atoms with Crippen molar-refractivity contribution in [1.29, 1.82) is 0 Å². The maximum atomic E-state index is 10.9. The van der Waals surface area contributed by atoms with Crippen LogP contribution in [0.2, 0.25) is 10.0 Å².